The van der Waals surface area contributed by atoms with Gasteiger partial charge in [0.1, 0.15) is 5.82 Å². The van der Waals surface area contributed by atoms with Crippen LogP contribution in [0.1, 0.15) is 39.7 Å². The second-order valence-corrected chi connectivity index (χ2v) is 5.70. The van der Waals surface area contributed by atoms with Crippen molar-refractivity contribution < 1.29 is 4.39 Å². The van der Waals surface area contributed by atoms with Crippen molar-refractivity contribution in [1.29, 1.82) is 0 Å². The van der Waals surface area contributed by atoms with Gasteiger partial charge in [0, 0.05) is 11.5 Å². The number of hydrogen-bond donors (Lipinski definition) is 1. The number of halogens is 1. The molecule has 0 radical (unpaired) electrons. The molecule has 0 aliphatic carbocycles. The van der Waals surface area contributed by atoms with E-state index < -0.39 is 0 Å². The van der Waals surface area contributed by atoms with Crippen molar-refractivity contribution in [2.45, 2.75) is 45.6 Å². The van der Waals surface area contributed by atoms with Gasteiger partial charge in [-0.05, 0) is 37.1 Å². The molecule has 1 unspecified atom stereocenters. The van der Waals surface area contributed by atoms with E-state index in [2.05, 4.69) is 33.0 Å². The Balaban J connectivity index is 2.94. The van der Waals surface area contributed by atoms with Gasteiger partial charge in [-0.15, -0.1) is 0 Å². The molecule has 2 heteroatoms. The summed E-state index contributed by atoms with van der Waals surface area (Å²) in [4.78, 5) is 0. The Kier molecular flexibility index (Phi) is 4.70. The number of rotatable bonds is 5. The summed E-state index contributed by atoms with van der Waals surface area (Å²) in [5.74, 6) is 0.474. The van der Waals surface area contributed by atoms with E-state index in [1.54, 1.807) is 12.1 Å². The fourth-order valence-electron chi connectivity index (χ4n) is 2.33. The van der Waals surface area contributed by atoms with E-state index in [1.807, 2.05) is 19.2 Å². The molecule has 17 heavy (non-hydrogen) atoms. The maximum atomic E-state index is 13.0. The smallest absolute Gasteiger partial charge is 0.123 e. The summed E-state index contributed by atoms with van der Waals surface area (Å²) in [7, 11) is 2.00. The first-order valence-corrected chi connectivity index (χ1v) is 6.31. The van der Waals surface area contributed by atoms with Gasteiger partial charge in [0.2, 0.25) is 0 Å². The van der Waals surface area contributed by atoms with Crippen LogP contribution in [0.5, 0.6) is 0 Å². The zero-order valence-electron chi connectivity index (χ0n) is 11.5. The number of nitrogens with one attached hydrogen (secondary N) is 1. The van der Waals surface area contributed by atoms with Gasteiger partial charge in [0.15, 0.2) is 0 Å². The van der Waals surface area contributed by atoms with Crippen molar-refractivity contribution in [2.75, 3.05) is 7.05 Å². The Morgan fingerprint density at radius 3 is 2.12 bits per heavy atom. The second-order valence-electron chi connectivity index (χ2n) is 5.70. The lowest BCUT2D eigenvalue weighted by molar-refractivity contribution is 0.308. The zero-order valence-corrected chi connectivity index (χ0v) is 11.5. The molecule has 1 rings (SSSR count). The molecule has 1 aromatic carbocycles. The Bertz CT molecular complexity index is 340. The van der Waals surface area contributed by atoms with Crippen molar-refractivity contribution in [1.82, 2.24) is 5.32 Å². The number of hydrogen-bond acceptors (Lipinski definition) is 1. The molecule has 1 nitrogen and oxygen atoms in total. The van der Waals surface area contributed by atoms with Gasteiger partial charge in [0.05, 0.1) is 0 Å². The highest BCUT2D eigenvalue weighted by Crippen LogP contribution is 2.30. The molecule has 0 aliphatic heterocycles. The third-order valence-electron chi connectivity index (χ3n) is 3.51. The average molecular weight is 237 g/mol. The van der Waals surface area contributed by atoms with Crippen LogP contribution in [0.4, 0.5) is 4.39 Å². The normalized spacial score (nSPS) is 14.1. The standard InChI is InChI=1S/C15H24FN/c1-11(2)10-14(17-5)15(3,4)12-6-8-13(16)9-7-12/h6-9,11,14,17H,10H2,1-5H3. The Morgan fingerprint density at radius 2 is 1.71 bits per heavy atom. The highest BCUT2D eigenvalue weighted by atomic mass is 19.1. The summed E-state index contributed by atoms with van der Waals surface area (Å²) < 4.78 is 13.0. The first-order valence-electron chi connectivity index (χ1n) is 6.31. The van der Waals surface area contributed by atoms with Crippen molar-refractivity contribution in [2.24, 2.45) is 5.92 Å². The fraction of sp³-hybridized carbons (Fsp3) is 0.600. The van der Waals surface area contributed by atoms with Crippen LogP contribution in [0.15, 0.2) is 24.3 Å². The predicted molar refractivity (Wildman–Crippen MR) is 71.7 cm³/mol. The van der Waals surface area contributed by atoms with Crippen LogP contribution in [0.2, 0.25) is 0 Å². The molecular formula is C15H24FN. The highest BCUT2D eigenvalue weighted by Gasteiger charge is 2.30. The third kappa shape index (κ3) is 3.53. The molecule has 0 bridgehead atoms. The molecule has 0 aromatic heterocycles. The fourth-order valence-corrected chi connectivity index (χ4v) is 2.33. The minimum atomic E-state index is -0.172. The van der Waals surface area contributed by atoms with Crippen LogP contribution in [0.3, 0.4) is 0 Å². The molecule has 1 atom stereocenters. The SMILES string of the molecule is CNC(CC(C)C)C(C)(C)c1ccc(F)cc1. The van der Waals surface area contributed by atoms with Crippen molar-refractivity contribution in [3.8, 4) is 0 Å². The van der Waals surface area contributed by atoms with Crippen LogP contribution in [0.25, 0.3) is 0 Å². The number of benzene rings is 1. The van der Waals surface area contributed by atoms with Crippen LogP contribution in [0, 0.1) is 11.7 Å². The van der Waals surface area contributed by atoms with E-state index in [0.29, 0.717) is 12.0 Å². The summed E-state index contributed by atoms with van der Waals surface area (Å²) in [5, 5.41) is 3.39. The quantitative estimate of drug-likeness (QED) is 0.822. The molecule has 1 aromatic rings. The van der Waals surface area contributed by atoms with Crippen molar-refractivity contribution in [3.63, 3.8) is 0 Å². The molecule has 0 fully saturated rings. The molecule has 0 saturated heterocycles. The molecule has 96 valence electrons. The van der Waals surface area contributed by atoms with E-state index in [4.69, 9.17) is 0 Å². The lowest BCUT2D eigenvalue weighted by atomic mass is 9.75. The Morgan fingerprint density at radius 1 is 1.18 bits per heavy atom. The van der Waals surface area contributed by atoms with Gasteiger partial charge >= 0.3 is 0 Å². The predicted octanol–water partition coefficient (Wildman–Crippen LogP) is 3.74. The Hall–Kier alpha value is -0.890. The summed E-state index contributed by atoms with van der Waals surface area (Å²) in [6.45, 7) is 8.88. The number of likely N-dealkylation sites (N-methyl/N-ethyl adjacent to an activating group) is 1. The van der Waals surface area contributed by atoms with E-state index in [9.17, 15) is 4.39 Å². The van der Waals surface area contributed by atoms with Gasteiger partial charge in [-0.2, -0.15) is 0 Å². The van der Waals surface area contributed by atoms with Gasteiger partial charge in [-0.25, -0.2) is 4.39 Å². The average Bonchev–Trinajstić information content (AvgIpc) is 2.26. The summed E-state index contributed by atoms with van der Waals surface area (Å²) in [5.41, 5.74) is 1.19. The molecule has 0 saturated carbocycles. The molecule has 1 N–H and O–H groups in total. The Labute approximate surface area is 104 Å². The molecule has 0 aliphatic rings. The summed E-state index contributed by atoms with van der Waals surface area (Å²) >= 11 is 0. The monoisotopic (exact) mass is 237 g/mol. The lowest BCUT2D eigenvalue weighted by Gasteiger charge is -2.36. The summed E-state index contributed by atoms with van der Waals surface area (Å²) in [6.07, 6.45) is 1.11. The van der Waals surface area contributed by atoms with Gasteiger partial charge in [-0.3, -0.25) is 0 Å². The minimum Gasteiger partial charge on any atom is -0.316 e. The van der Waals surface area contributed by atoms with E-state index >= 15 is 0 Å². The minimum absolute atomic E-state index is 0.00667. The molecular weight excluding hydrogens is 213 g/mol. The van der Waals surface area contributed by atoms with Gasteiger partial charge < -0.3 is 5.32 Å². The molecule has 0 spiro atoms. The third-order valence-corrected chi connectivity index (χ3v) is 3.51. The van der Waals surface area contributed by atoms with Gasteiger partial charge in [0.25, 0.3) is 0 Å². The largest absolute Gasteiger partial charge is 0.316 e. The molecule has 0 heterocycles. The maximum absolute atomic E-state index is 13.0. The zero-order chi connectivity index (χ0) is 13.1. The van der Waals surface area contributed by atoms with E-state index in [0.717, 1.165) is 6.42 Å². The van der Waals surface area contributed by atoms with Gasteiger partial charge in [-0.1, -0.05) is 39.8 Å². The van der Waals surface area contributed by atoms with Crippen LogP contribution in [-0.4, -0.2) is 13.1 Å². The van der Waals surface area contributed by atoms with Crippen molar-refractivity contribution >= 4 is 0 Å². The first kappa shape index (κ1) is 14.2. The topological polar surface area (TPSA) is 12.0 Å². The highest BCUT2D eigenvalue weighted by molar-refractivity contribution is 5.26. The lowest BCUT2D eigenvalue weighted by Crippen LogP contribution is -2.43. The maximum Gasteiger partial charge on any atom is 0.123 e. The summed E-state index contributed by atoms with van der Waals surface area (Å²) in [6, 6.07) is 7.26. The van der Waals surface area contributed by atoms with E-state index in [-0.39, 0.29) is 11.2 Å². The second kappa shape index (κ2) is 5.63. The van der Waals surface area contributed by atoms with E-state index in [1.165, 1.54) is 5.56 Å². The van der Waals surface area contributed by atoms with Crippen LogP contribution >= 0.6 is 0 Å². The van der Waals surface area contributed by atoms with Crippen molar-refractivity contribution in [3.05, 3.63) is 35.6 Å². The first-order chi connectivity index (χ1) is 7.87. The molecule has 0 amide bonds. The van der Waals surface area contributed by atoms with Crippen LogP contribution < -0.4 is 5.32 Å². The van der Waals surface area contributed by atoms with Crippen LogP contribution in [-0.2, 0) is 5.41 Å².